The van der Waals surface area contributed by atoms with Crippen molar-refractivity contribution in [1.82, 2.24) is 9.88 Å². The number of aliphatic hydroxyl groups is 1. The molecule has 166 valence electrons. The molecular formula is C26H34N2O3. The molecule has 2 aromatic rings. The lowest BCUT2D eigenvalue weighted by molar-refractivity contribution is -0.0109. The second-order valence-electron chi connectivity index (χ2n) is 9.72. The van der Waals surface area contributed by atoms with Gasteiger partial charge in [-0.2, -0.15) is 0 Å². The number of ether oxygens (including phenoxy) is 2. The van der Waals surface area contributed by atoms with Gasteiger partial charge in [0.15, 0.2) is 11.5 Å². The molecule has 0 radical (unpaired) electrons. The van der Waals surface area contributed by atoms with Crippen molar-refractivity contribution in [1.29, 1.82) is 0 Å². The van der Waals surface area contributed by atoms with Crippen LogP contribution in [0, 0.1) is 18.8 Å². The van der Waals surface area contributed by atoms with Gasteiger partial charge in [-0.15, -0.1) is 0 Å². The Hall–Kier alpha value is -2.11. The largest absolute Gasteiger partial charge is 0.493 e. The number of nitrogens with zero attached hydrogens (tertiary/aromatic N) is 2. The van der Waals surface area contributed by atoms with E-state index >= 15 is 0 Å². The number of aromatic nitrogens is 1. The Morgan fingerprint density at radius 3 is 2.71 bits per heavy atom. The van der Waals surface area contributed by atoms with Gasteiger partial charge in [-0.25, -0.2) is 0 Å². The summed E-state index contributed by atoms with van der Waals surface area (Å²) in [6, 6.07) is 10.3. The number of aryl methyl sites for hydroxylation is 1. The number of likely N-dealkylation sites (tertiary alicyclic amines) is 1. The van der Waals surface area contributed by atoms with Gasteiger partial charge in [0.2, 0.25) is 0 Å². The molecule has 1 aliphatic heterocycles. The van der Waals surface area contributed by atoms with Gasteiger partial charge in [-0.05, 0) is 69.1 Å². The third-order valence-electron chi connectivity index (χ3n) is 7.64. The molecule has 5 heteroatoms. The van der Waals surface area contributed by atoms with Gasteiger partial charge in [0.1, 0.15) is 5.60 Å². The number of benzene rings is 1. The zero-order valence-electron chi connectivity index (χ0n) is 18.7. The van der Waals surface area contributed by atoms with Crippen LogP contribution in [0.15, 0.2) is 36.5 Å². The Kier molecular flexibility index (Phi) is 5.65. The summed E-state index contributed by atoms with van der Waals surface area (Å²) in [5, 5.41) is 11.6. The minimum absolute atomic E-state index is 0.229. The van der Waals surface area contributed by atoms with Crippen molar-refractivity contribution in [3.05, 3.63) is 53.3 Å². The first-order valence-corrected chi connectivity index (χ1v) is 11.8. The van der Waals surface area contributed by atoms with Crippen molar-refractivity contribution in [2.75, 3.05) is 20.2 Å². The summed E-state index contributed by atoms with van der Waals surface area (Å²) in [6.45, 7) is 4.76. The van der Waals surface area contributed by atoms with Crippen LogP contribution in [0.25, 0.3) is 0 Å². The average Bonchev–Trinajstić information content (AvgIpc) is 3.49. The smallest absolute Gasteiger partial charge is 0.166 e. The van der Waals surface area contributed by atoms with Crippen LogP contribution in [0.3, 0.4) is 0 Å². The monoisotopic (exact) mass is 422 g/mol. The molecule has 0 spiro atoms. The van der Waals surface area contributed by atoms with Crippen molar-refractivity contribution in [3.63, 3.8) is 0 Å². The molecule has 5 nitrogen and oxygen atoms in total. The predicted molar refractivity (Wildman–Crippen MR) is 120 cm³/mol. The van der Waals surface area contributed by atoms with Crippen LogP contribution in [0.4, 0.5) is 0 Å². The van der Waals surface area contributed by atoms with Gasteiger partial charge in [0.05, 0.1) is 18.9 Å². The molecule has 2 saturated carbocycles. The highest BCUT2D eigenvalue weighted by atomic mass is 16.5. The van der Waals surface area contributed by atoms with E-state index in [9.17, 15) is 5.11 Å². The Labute approximate surface area is 185 Å². The highest BCUT2D eigenvalue weighted by Gasteiger charge is 2.53. The number of para-hydroxylation sites is 1. The van der Waals surface area contributed by atoms with Crippen LogP contribution in [0.5, 0.6) is 11.5 Å². The van der Waals surface area contributed by atoms with Crippen LogP contribution in [-0.2, 0) is 12.1 Å². The van der Waals surface area contributed by atoms with E-state index in [2.05, 4.69) is 28.1 Å². The van der Waals surface area contributed by atoms with Gasteiger partial charge < -0.3 is 14.6 Å². The van der Waals surface area contributed by atoms with E-state index in [0.717, 1.165) is 68.1 Å². The summed E-state index contributed by atoms with van der Waals surface area (Å²) in [5.74, 6) is 2.47. The molecule has 3 atom stereocenters. The Morgan fingerprint density at radius 1 is 1.13 bits per heavy atom. The van der Waals surface area contributed by atoms with Crippen molar-refractivity contribution in [2.24, 2.45) is 11.8 Å². The number of hydrogen-bond donors (Lipinski definition) is 1. The summed E-state index contributed by atoms with van der Waals surface area (Å²) >= 11 is 0. The lowest BCUT2D eigenvalue weighted by atomic mass is 9.85. The minimum atomic E-state index is -0.815. The third kappa shape index (κ3) is 3.94. The van der Waals surface area contributed by atoms with Crippen molar-refractivity contribution in [2.45, 2.75) is 63.7 Å². The summed E-state index contributed by atoms with van der Waals surface area (Å²) in [6.07, 6.45) is 8.77. The quantitative estimate of drug-likeness (QED) is 0.745. The van der Waals surface area contributed by atoms with Crippen LogP contribution in [-0.4, -0.2) is 41.3 Å². The normalized spacial score (nSPS) is 28.7. The predicted octanol–water partition coefficient (Wildman–Crippen LogP) is 4.45. The Morgan fingerprint density at radius 2 is 1.97 bits per heavy atom. The molecule has 0 unspecified atom stereocenters. The lowest BCUT2D eigenvalue weighted by Crippen LogP contribution is -2.35. The standard InChI is InChI=1S/C26H34N2O3/c1-18-10-11-24(27-14-18)26(29)13-12-19-15-28(17-22(19)26)16-20-6-5-9-23(30-2)25(20)31-21-7-3-4-8-21/h5-6,9-11,14,19,21-22,29H,3-4,7-8,12-13,15-17H2,1-2H3/t19-,22+,26-/m1/s1. The van der Waals surface area contributed by atoms with E-state index in [1.54, 1.807) is 7.11 Å². The summed E-state index contributed by atoms with van der Waals surface area (Å²) < 4.78 is 12.1. The zero-order valence-corrected chi connectivity index (χ0v) is 18.7. The van der Waals surface area contributed by atoms with E-state index in [0.29, 0.717) is 12.0 Å². The van der Waals surface area contributed by atoms with E-state index < -0.39 is 5.60 Å². The van der Waals surface area contributed by atoms with Crippen molar-refractivity contribution in [3.8, 4) is 11.5 Å². The first-order chi connectivity index (χ1) is 15.1. The molecule has 1 aromatic carbocycles. The van der Waals surface area contributed by atoms with Crippen molar-refractivity contribution >= 4 is 0 Å². The van der Waals surface area contributed by atoms with Crippen LogP contribution < -0.4 is 9.47 Å². The van der Waals surface area contributed by atoms with E-state index in [-0.39, 0.29) is 5.92 Å². The number of fused-ring (bicyclic) bond motifs is 1. The third-order valence-corrected chi connectivity index (χ3v) is 7.64. The fraction of sp³-hybridized carbons (Fsp3) is 0.577. The summed E-state index contributed by atoms with van der Waals surface area (Å²) in [5.41, 5.74) is 2.33. The molecule has 3 fully saturated rings. The second-order valence-corrected chi connectivity index (χ2v) is 9.72. The van der Waals surface area contributed by atoms with Gasteiger partial charge in [0, 0.05) is 37.3 Å². The number of methoxy groups -OCH3 is 1. The molecule has 1 saturated heterocycles. The molecule has 3 aliphatic rings. The molecule has 5 rings (SSSR count). The SMILES string of the molecule is COc1cccc(CN2C[C@H]3CC[C@](O)(c4ccc(C)cn4)[C@H]3C2)c1OC1CCCC1. The fourth-order valence-corrected chi connectivity index (χ4v) is 5.95. The van der Waals surface area contributed by atoms with Gasteiger partial charge in [-0.1, -0.05) is 18.2 Å². The highest BCUT2D eigenvalue weighted by Crippen LogP contribution is 2.50. The molecular weight excluding hydrogens is 388 g/mol. The van der Waals surface area contributed by atoms with E-state index in [1.165, 1.54) is 18.4 Å². The van der Waals surface area contributed by atoms with Crippen molar-refractivity contribution < 1.29 is 14.6 Å². The first-order valence-electron chi connectivity index (χ1n) is 11.8. The molecule has 1 aromatic heterocycles. The Balaban J connectivity index is 1.34. The maximum absolute atomic E-state index is 11.6. The summed E-state index contributed by atoms with van der Waals surface area (Å²) in [4.78, 5) is 7.07. The highest BCUT2D eigenvalue weighted by molar-refractivity contribution is 5.47. The molecule has 1 N–H and O–H groups in total. The van der Waals surface area contributed by atoms with Gasteiger partial charge in [-0.3, -0.25) is 9.88 Å². The molecule has 0 amide bonds. The number of hydrogen-bond acceptors (Lipinski definition) is 5. The van der Waals surface area contributed by atoms with Crippen LogP contribution in [0.2, 0.25) is 0 Å². The topological polar surface area (TPSA) is 54.8 Å². The van der Waals surface area contributed by atoms with Gasteiger partial charge in [0.25, 0.3) is 0 Å². The Bertz CT molecular complexity index is 909. The maximum Gasteiger partial charge on any atom is 0.166 e. The molecule has 31 heavy (non-hydrogen) atoms. The van der Waals surface area contributed by atoms with E-state index in [4.69, 9.17) is 9.47 Å². The maximum atomic E-state index is 11.6. The van der Waals surface area contributed by atoms with Gasteiger partial charge >= 0.3 is 0 Å². The van der Waals surface area contributed by atoms with E-state index in [1.807, 2.05) is 25.3 Å². The zero-order chi connectivity index (χ0) is 21.4. The minimum Gasteiger partial charge on any atom is -0.493 e. The molecule has 2 heterocycles. The molecule has 2 aliphatic carbocycles. The van der Waals surface area contributed by atoms with Crippen LogP contribution in [0.1, 0.15) is 55.3 Å². The van der Waals surface area contributed by atoms with Crippen LogP contribution >= 0.6 is 0 Å². The lowest BCUT2D eigenvalue weighted by Gasteiger charge is -2.30. The second kappa shape index (κ2) is 8.44. The number of rotatable bonds is 6. The summed E-state index contributed by atoms with van der Waals surface area (Å²) in [7, 11) is 1.72. The first kappa shape index (κ1) is 20.8. The fourth-order valence-electron chi connectivity index (χ4n) is 5.95. The molecule has 0 bridgehead atoms. The number of pyridine rings is 1. The average molecular weight is 423 g/mol.